The third-order valence-electron chi connectivity index (χ3n) is 3.81. The van der Waals surface area contributed by atoms with Crippen LogP contribution < -0.4 is 10.2 Å². The fourth-order valence-corrected chi connectivity index (χ4v) is 2.75. The summed E-state index contributed by atoms with van der Waals surface area (Å²) in [5.74, 6) is 0.456. The summed E-state index contributed by atoms with van der Waals surface area (Å²) >= 11 is 3.41. The van der Waals surface area contributed by atoms with Crippen LogP contribution in [0, 0.1) is 0 Å². The largest absolute Gasteiger partial charge is 0.338 e. The second-order valence-electron chi connectivity index (χ2n) is 5.50. The van der Waals surface area contributed by atoms with Gasteiger partial charge in [-0.15, -0.1) is 0 Å². The smallest absolute Gasteiger partial charge is 0.258 e. The molecule has 1 aliphatic heterocycles. The number of amides is 1. The van der Waals surface area contributed by atoms with Gasteiger partial charge < -0.3 is 15.1 Å². The normalized spacial score (nSPS) is 15.5. The van der Waals surface area contributed by atoms with E-state index in [1.807, 2.05) is 24.3 Å². The van der Waals surface area contributed by atoms with Crippen molar-refractivity contribution in [3.8, 4) is 0 Å². The molecule has 2 aromatic rings. The highest BCUT2D eigenvalue weighted by molar-refractivity contribution is 9.10. The average molecular weight is 376 g/mol. The van der Waals surface area contributed by atoms with Crippen molar-refractivity contribution in [2.45, 2.75) is 0 Å². The number of hydrogen-bond acceptors (Lipinski definition) is 5. The molecule has 1 saturated heterocycles. The van der Waals surface area contributed by atoms with Crippen molar-refractivity contribution in [3.05, 3.63) is 46.7 Å². The van der Waals surface area contributed by atoms with Crippen LogP contribution in [0.2, 0.25) is 0 Å². The summed E-state index contributed by atoms with van der Waals surface area (Å²) in [6.07, 6.45) is 3.15. The van der Waals surface area contributed by atoms with E-state index in [0.29, 0.717) is 11.5 Å². The Morgan fingerprint density at radius 3 is 2.43 bits per heavy atom. The van der Waals surface area contributed by atoms with Gasteiger partial charge in [0, 0.05) is 43.0 Å². The molecule has 0 bridgehead atoms. The van der Waals surface area contributed by atoms with Crippen LogP contribution in [0.15, 0.2) is 41.1 Å². The van der Waals surface area contributed by atoms with Crippen LogP contribution >= 0.6 is 15.9 Å². The predicted octanol–water partition coefficient (Wildman–Crippen LogP) is 2.24. The van der Waals surface area contributed by atoms with Gasteiger partial charge >= 0.3 is 0 Å². The number of rotatable bonds is 3. The topological polar surface area (TPSA) is 61.4 Å². The molecule has 23 heavy (non-hydrogen) atoms. The SMILES string of the molecule is CN1CCN(c2ncc(C(=O)Nc3ccccc3Br)cn2)CC1. The number of piperazine rings is 1. The lowest BCUT2D eigenvalue weighted by atomic mass is 10.3. The van der Waals surface area contributed by atoms with E-state index in [0.717, 1.165) is 36.3 Å². The monoisotopic (exact) mass is 375 g/mol. The number of carbonyl (C=O) groups is 1. The fraction of sp³-hybridized carbons (Fsp3) is 0.312. The Kier molecular flexibility index (Phi) is 4.88. The third-order valence-corrected chi connectivity index (χ3v) is 4.50. The fourth-order valence-electron chi connectivity index (χ4n) is 2.37. The summed E-state index contributed by atoms with van der Waals surface area (Å²) in [6.45, 7) is 3.79. The van der Waals surface area contributed by atoms with Gasteiger partial charge in [-0.2, -0.15) is 0 Å². The second kappa shape index (κ2) is 7.06. The Morgan fingerprint density at radius 1 is 1.13 bits per heavy atom. The third kappa shape index (κ3) is 3.86. The molecule has 0 radical (unpaired) electrons. The summed E-state index contributed by atoms with van der Waals surface area (Å²) in [6, 6.07) is 7.48. The van der Waals surface area contributed by atoms with Gasteiger partial charge in [0.2, 0.25) is 5.95 Å². The zero-order valence-corrected chi connectivity index (χ0v) is 14.5. The van der Waals surface area contributed by atoms with E-state index < -0.39 is 0 Å². The van der Waals surface area contributed by atoms with Crippen LogP contribution in [0.25, 0.3) is 0 Å². The number of likely N-dealkylation sites (N-methyl/N-ethyl adjacent to an activating group) is 1. The summed E-state index contributed by atoms with van der Waals surface area (Å²) in [4.78, 5) is 25.3. The number of nitrogens with zero attached hydrogens (tertiary/aromatic N) is 4. The predicted molar refractivity (Wildman–Crippen MR) is 93.8 cm³/mol. The molecule has 0 atom stereocenters. The molecular formula is C16H18BrN5O. The average Bonchev–Trinajstić information content (AvgIpc) is 2.58. The maximum absolute atomic E-state index is 12.3. The van der Waals surface area contributed by atoms with Crippen LogP contribution in [-0.4, -0.2) is 54.0 Å². The number of hydrogen-bond donors (Lipinski definition) is 1. The molecular weight excluding hydrogens is 358 g/mol. The summed E-state index contributed by atoms with van der Waals surface area (Å²) in [5.41, 5.74) is 1.17. The Morgan fingerprint density at radius 2 is 1.78 bits per heavy atom. The first-order chi connectivity index (χ1) is 11.1. The molecule has 1 aromatic heterocycles. The molecule has 0 unspecified atom stereocenters. The van der Waals surface area contributed by atoms with E-state index in [2.05, 4.69) is 48.1 Å². The molecule has 0 saturated carbocycles. The molecule has 7 heteroatoms. The minimum Gasteiger partial charge on any atom is -0.338 e. The standard InChI is InChI=1S/C16H18BrN5O/c1-21-6-8-22(9-7-21)16-18-10-12(11-19-16)15(23)20-14-5-3-2-4-13(14)17/h2-5,10-11H,6-9H2,1H3,(H,20,23). The Bertz CT molecular complexity index is 683. The molecule has 1 aliphatic rings. The van der Waals surface area contributed by atoms with E-state index in [1.165, 1.54) is 0 Å². The van der Waals surface area contributed by atoms with Crippen LogP contribution in [0.5, 0.6) is 0 Å². The molecule has 1 N–H and O–H groups in total. The van der Waals surface area contributed by atoms with Crippen LogP contribution in [0.3, 0.4) is 0 Å². The van der Waals surface area contributed by atoms with Gasteiger partial charge in [-0.3, -0.25) is 4.79 Å². The molecule has 1 fully saturated rings. The molecule has 0 aliphatic carbocycles. The van der Waals surface area contributed by atoms with E-state index in [9.17, 15) is 4.79 Å². The van der Waals surface area contributed by atoms with Crippen LogP contribution in [0.4, 0.5) is 11.6 Å². The summed E-state index contributed by atoms with van der Waals surface area (Å²) in [7, 11) is 2.10. The van der Waals surface area contributed by atoms with Gasteiger partial charge in [-0.05, 0) is 35.1 Å². The number of benzene rings is 1. The minimum atomic E-state index is -0.221. The summed E-state index contributed by atoms with van der Waals surface area (Å²) in [5, 5.41) is 2.85. The molecule has 1 aromatic carbocycles. The van der Waals surface area contributed by atoms with Gasteiger partial charge in [-0.1, -0.05) is 12.1 Å². The van der Waals surface area contributed by atoms with Crippen LogP contribution in [0.1, 0.15) is 10.4 Å². The number of anilines is 2. The first-order valence-corrected chi connectivity index (χ1v) is 8.24. The van der Waals surface area contributed by atoms with Crippen molar-refractivity contribution in [3.63, 3.8) is 0 Å². The highest BCUT2D eigenvalue weighted by atomic mass is 79.9. The van der Waals surface area contributed by atoms with Crippen LogP contribution in [-0.2, 0) is 0 Å². The highest BCUT2D eigenvalue weighted by Gasteiger charge is 2.17. The number of nitrogens with one attached hydrogen (secondary N) is 1. The van der Waals surface area contributed by atoms with Crippen molar-refractivity contribution < 1.29 is 4.79 Å². The first-order valence-electron chi connectivity index (χ1n) is 7.45. The summed E-state index contributed by atoms with van der Waals surface area (Å²) < 4.78 is 0.836. The Balaban J connectivity index is 1.67. The minimum absolute atomic E-state index is 0.221. The molecule has 1 amide bonds. The quantitative estimate of drug-likeness (QED) is 0.891. The van der Waals surface area contributed by atoms with Crippen molar-refractivity contribution in [2.24, 2.45) is 0 Å². The molecule has 3 rings (SSSR count). The lowest BCUT2D eigenvalue weighted by Gasteiger charge is -2.32. The lowest BCUT2D eigenvalue weighted by molar-refractivity contribution is 0.102. The molecule has 120 valence electrons. The maximum Gasteiger partial charge on any atom is 0.258 e. The van der Waals surface area contributed by atoms with E-state index in [1.54, 1.807) is 12.4 Å². The highest BCUT2D eigenvalue weighted by Crippen LogP contribution is 2.21. The van der Waals surface area contributed by atoms with E-state index >= 15 is 0 Å². The Hall–Kier alpha value is -1.99. The zero-order valence-electron chi connectivity index (χ0n) is 12.9. The van der Waals surface area contributed by atoms with Crippen molar-refractivity contribution in [1.29, 1.82) is 0 Å². The molecule has 0 spiro atoms. The lowest BCUT2D eigenvalue weighted by Crippen LogP contribution is -2.45. The van der Waals surface area contributed by atoms with Crippen molar-refractivity contribution in [2.75, 3.05) is 43.4 Å². The maximum atomic E-state index is 12.3. The van der Waals surface area contributed by atoms with E-state index in [4.69, 9.17) is 0 Å². The van der Waals surface area contributed by atoms with Gasteiger partial charge in [-0.25, -0.2) is 9.97 Å². The zero-order chi connectivity index (χ0) is 16.2. The second-order valence-corrected chi connectivity index (χ2v) is 6.35. The number of para-hydroxylation sites is 1. The van der Waals surface area contributed by atoms with Gasteiger partial charge in [0.1, 0.15) is 0 Å². The number of aromatic nitrogens is 2. The molecule has 2 heterocycles. The van der Waals surface area contributed by atoms with Gasteiger partial charge in [0.25, 0.3) is 5.91 Å². The van der Waals surface area contributed by atoms with Gasteiger partial charge in [0.05, 0.1) is 11.3 Å². The van der Waals surface area contributed by atoms with E-state index in [-0.39, 0.29) is 5.91 Å². The van der Waals surface area contributed by atoms with Crippen molar-refractivity contribution in [1.82, 2.24) is 14.9 Å². The van der Waals surface area contributed by atoms with Gasteiger partial charge in [0.15, 0.2) is 0 Å². The first kappa shape index (κ1) is 15.9. The van der Waals surface area contributed by atoms with Crippen molar-refractivity contribution >= 4 is 33.5 Å². The number of carbonyl (C=O) groups excluding carboxylic acids is 1. The number of halogens is 1. The Labute approximate surface area is 143 Å². The molecule has 6 nitrogen and oxygen atoms in total.